The maximum atomic E-state index is 12.5. The number of carbonyl (C=O) groups is 1. The quantitative estimate of drug-likeness (QED) is 0.406. The molecule has 4 rings (SSSR count). The SMILES string of the molecule is CCCN1c2cc(OC)c(/C=N/NC(=O)c3cc4ccccc4o3)cc2C(C)=CC1(C)C. The van der Waals surface area contributed by atoms with E-state index in [0.29, 0.717) is 11.3 Å². The summed E-state index contributed by atoms with van der Waals surface area (Å²) in [6, 6.07) is 13.3. The summed E-state index contributed by atoms with van der Waals surface area (Å²) in [5.41, 5.74) is 7.43. The summed E-state index contributed by atoms with van der Waals surface area (Å²) < 4.78 is 11.3. The number of ether oxygens (including phenoxy) is 1. The van der Waals surface area contributed by atoms with Gasteiger partial charge in [0.2, 0.25) is 0 Å². The van der Waals surface area contributed by atoms with Crippen molar-refractivity contribution >= 4 is 34.4 Å². The van der Waals surface area contributed by atoms with Crippen LogP contribution in [0.2, 0.25) is 0 Å². The maximum Gasteiger partial charge on any atom is 0.307 e. The monoisotopic (exact) mass is 431 g/mol. The van der Waals surface area contributed by atoms with E-state index in [0.717, 1.165) is 35.2 Å². The lowest BCUT2D eigenvalue weighted by atomic mass is 9.87. The highest BCUT2D eigenvalue weighted by Gasteiger charge is 2.31. The number of fused-ring (bicyclic) bond motifs is 2. The second kappa shape index (κ2) is 8.54. The Morgan fingerprint density at radius 1 is 1.25 bits per heavy atom. The molecule has 0 aliphatic carbocycles. The van der Waals surface area contributed by atoms with Gasteiger partial charge in [0.25, 0.3) is 0 Å². The van der Waals surface area contributed by atoms with Crippen LogP contribution in [0.5, 0.6) is 5.75 Å². The number of anilines is 1. The number of carbonyl (C=O) groups excluding carboxylic acids is 1. The topological polar surface area (TPSA) is 67.1 Å². The molecule has 1 aliphatic heterocycles. The molecule has 0 spiro atoms. The van der Waals surface area contributed by atoms with Crippen LogP contribution >= 0.6 is 0 Å². The molecular formula is C26H29N3O3. The first kappa shape index (κ1) is 21.7. The normalized spacial score (nSPS) is 15.0. The Kier molecular flexibility index (Phi) is 5.78. The highest BCUT2D eigenvalue weighted by Crippen LogP contribution is 2.41. The Morgan fingerprint density at radius 2 is 2.03 bits per heavy atom. The van der Waals surface area contributed by atoms with Crippen molar-refractivity contribution in [1.29, 1.82) is 0 Å². The fourth-order valence-electron chi connectivity index (χ4n) is 4.34. The number of amides is 1. The number of furan rings is 1. The average molecular weight is 432 g/mol. The molecule has 6 nitrogen and oxygen atoms in total. The third-order valence-electron chi connectivity index (χ3n) is 5.80. The first-order chi connectivity index (χ1) is 15.3. The van der Waals surface area contributed by atoms with Gasteiger partial charge in [-0.25, -0.2) is 5.43 Å². The van der Waals surface area contributed by atoms with Gasteiger partial charge in [-0.15, -0.1) is 0 Å². The molecule has 0 radical (unpaired) electrons. The predicted molar refractivity (Wildman–Crippen MR) is 130 cm³/mol. The van der Waals surface area contributed by atoms with Crippen LogP contribution in [-0.2, 0) is 0 Å². The zero-order valence-electron chi connectivity index (χ0n) is 19.2. The molecule has 1 N–H and O–H groups in total. The van der Waals surface area contributed by atoms with Crippen molar-refractivity contribution in [1.82, 2.24) is 5.43 Å². The Bertz CT molecular complexity index is 1190. The van der Waals surface area contributed by atoms with Crippen molar-refractivity contribution in [2.24, 2.45) is 5.10 Å². The lowest BCUT2D eigenvalue weighted by molar-refractivity contribution is 0.0929. The summed E-state index contributed by atoms with van der Waals surface area (Å²) in [4.78, 5) is 14.9. The van der Waals surface area contributed by atoms with Gasteiger partial charge in [-0.3, -0.25) is 4.79 Å². The Labute approximate surface area is 188 Å². The number of hydrogen-bond acceptors (Lipinski definition) is 5. The molecule has 1 amide bonds. The number of para-hydroxylation sites is 1. The van der Waals surface area contributed by atoms with E-state index in [4.69, 9.17) is 9.15 Å². The van der Waals surface area contributed by atoms with E-state index in [2.05, 4.69) is 61.3 Å². The molecule has 0 saturated carbocycles. The van der Waals surface area contributed by atoms with Crippen LogP contribution < -0.4 is 15.1 Å². The Morgan fingerprint density at radius 3 is 2.75 bits per heavy atom. The summed E-state index contributed by atoms with van der Waals surface area (Å²) >= 11 is 0. The molecule has 0 saturated heterocycles. The molecule has 0 fully saturated rings. The summed E-state index contributed by atoms with van der Waals surface area (Å²) in [7, 11) is 1.65. The standard InChI is InChI=1S/C26H29N3O3/c1-6-11-29-21-14-23(31-5)19(12-20(21)17(2)15-26(29,3)4)16-27-28-25(30)24-13-18-9-7-8-10-22(18)32-24/h7-10,12-16H,6,11H2,1-5H3,(H,28,30)/b27-16+. The van der Waals surface area contributed by atoms with E-state index >= 15 is 0 Å². The van der Waals surface area contributed by atoms with Crippen molar-refractivity contribution in [3.63, 3.8) is 0 Å². The number of nitrogens with zero attached hydrogens (tertiary/aromatic N) is 2. The minimum absolute atomic E-state index is 0.0751. The lowest BCUT2D eigenvalue weighted by Gasteiger charge is -2.43. The second-order valence-electron chi connectivity index (χ2n) is 8.59. The summed E-state index contributed by atoms with van der Waals surface area (Å²) in [5, 5.41) is 5.03. The van der Waals surface area contributed by atoms with Gasteiger partial charge >= 0.3 is 5.91 Å². The molecule has 0 unspecified atom stereocenters. The third kappa shape index (κ3) is 4.00. The lowest BCUT2D eigenvalue weighted by Crippen LogP contribution is -2.45. The van der Waals surface area contributed by atoms with Crippen molar-refractivity contribution in [2.75, 3.05) is 18.6 Å². The van der Waals surface area contributed by atoms with Gasteiger partial charge in [-0.2, -0.15) is 5.10 Å². The number of hydrazone groups is 1. The molecule has 166 valence electrons. The van der Waals surface area contributed by atoms with Gasteiger partial charge < -0.3 is 14.1 Å². The van der Waals surface area contributed by atoms with Crippen LogP contribution in [0, 0.1) is 0 Å². The number of rotatable bonds is 6. The number of methoxy groups -OCH3 is 1. The third-order valence-corrected chi connectivity index (χ3v) is 5.80. The minimum atomic E-state index is -0.402. The number of benzene rings is 2. The molecule has 2 aromatic carbocycles. The highest BCUT2D eigenvalue weighted by atomic mass is 16.5. The molecular weight excluding hydrogens is 402 g/mol. The summed E-state index contributed by atoms with van der Waals surface area (Å²) in [6.07, 6.45) is 4.95. The molecule has 2 heterocycles. The van der Waals surface area contributed by atoms with Gasteiger partial charge in [0.1, 0.15) is 11.3 Å². The average Bonchev–Trinajstić information content (AvgIpc) is 3.20. The van der Waals surface area contributed by atoms with Crippen molar-refractivity contribution < 1.29 is 13.9 Å². The second-order valence-corrected chi connectivity index (χ2v) is 8.59. The van der Waals surface area contributed by atoms with Crippen molar-refractivity contribution in [2.45, 2.75) is 39.7 Å². The summed E-state index contributed by atoms with van der Waals surface area (Å²) in [6.45, 7) is 9.72. The molecule has 1 aromatic heterocycles. The van der Waals surface area contributed by atoms with Gasteiger partial charge in [0.15, 0.2) is 5.76 Å². The van der Waals surface area contributed by atoms with Crippen molar-refractivity contribution in [3.05, 3.63) is 65.4 Å². The van der Waals surface area contributed by atoms with E-state index < -0.39 is 5.91 Å². The van der Waals surface area contributed by atoms with Crippen LogP contribution in [0.3, 0.4) is 0 Å². The molecule has 3 aromatic rings. The van der Waals surface area contributed by atoms with Crippen molar-refractivity contribution in [3.8, 4) is 5.75 Å². The van der Waals surface area contributed by atoms with Crippen LogP contribution in [0.1, 0.15) is 55.8 Å². The van der Waals surface area contributed by atoms with E-state index in [1.807, 2.05) is 24.3 Å². The minimum Gasteiger partial charge on any atom is -0.496 e. The largest absolute Gasteiger partial charge is 0.496 e. The van der Waals surface area contributed by atoms with E-state index in [1.165, 1.54) is 5.57 Å². The zero-order chi connectivity index (χ0) is 22.9. The zero-order valence-corrected chi connectivity index (χ0v) is 19.2. The van der Waals surface area contributed by atoms with Gasteiger partial charge in [-0.1, -0.05) is 31.2 Å². The van der Waals surface area contributed by atoms with Gasteiger partial charge in [0.05, 0.1) is 18.9 Å². The van der Waals surface area contributed by atoms with E-state index in [9.17, 15) is 4.79 Å². The summed E-state index contributed by atoms with van der Waals surface area (Å²) in [5.74, 6) is 0.524. The van der Waals surface area contributed by atoms with Gasteiger partial charge in [0, 0.05) is 34.8 Å². The first-order valence-corrected chi connectivity index (χ1v) is 10.9. The van der Waals surface area contributed by atoms with Crippen LogP contribution in [0.4, 0.5) is 5.69 Å². The maximum absolute atomic E-state index is 12.5. The van der Waals surface area contributed by atoms with E-state index in [-0.39, 0.29) is 11.3 Å². The molecule has 1 aliphatic rings. The number of allylic oxidation sites excluding steroid dienone is 1. The molecule has 6 heteroatoms. The Balaban J connectivity index is 1.60. The Hall–Kier alpha value is -3.54. The predicted octanol–water partition coefficient (Wildman–Crippen LogP) is 5.62. The molecule has 0 bridgehead atoms. The fourth-order valence-corrected chi connectivity index (χ4v) is 4.34. The highest BCUT2D eigenvalue weighted by molar-refractivity contribution is 5.97. The van der Waals surface area contributed by atoms with Gasteiger partial charge in [-0.05, 0) is 51.0 Å². The smallest absolute Gasteiger partial charge is 0.307 e. The fraction of sp³-hybridized carbons (Fsp3) is 0.308. The van der Waals surface area contributed by atoms with E-state index in [1.54, 1.807) is 19.4 Å². The first-order valence-electron chi connectivity index (χ1n) is 10.9. The van der Waals surface area contributed by atoms with Crippen LogP contribution in [-0.4, -0.2) is 31.3 Å². The molecule has 0 atom stereocenters. The van der Waals surface area contributed by atoms with Crippen LogP contribution in [0.15, 0.2) is 58.1 Å². The number of nitrogens with one attached hydrogen (secondary N) is 1. The molecule has 32 heavy (non-hydrogen) atoms. The number of hydrogen-bond donors (Lipinski definition) is 1. The van der Waals surface area contributed by atoms with Crippen LogP contribution in [0.25, 0.3) is 16.5 Å².